The summed E-state index contributed by atoms with van der Waals surface area (Å²) in [6, 6.07) is 23.6. The Kier molecular flexibility index (Phi) is 10.1. The van der Waals surface area contributed by atoms with E-state index in [0.29, 0.717) is 35.9 Å². The number of nitrogens with zero attached hydrogens (tertiary/aromatic N) is 3. The third-order valence-corrected chi connectivity index (χ3v) is 5.36. The van der Waals surface area contributed by atoms with Crippen LogP contribution in [0.15, 0.2) is 88.8 Å². The number of anilines is 1. The average Bonchev–Trinajstić information content (AvgIpc) is 3.06. The molecule has 1 aliphatic heterocycles. The van der Waals surface area contributed by atoms with Crippen LogP contribution in [0.5, 0.6) is 5.75 Å². The van der Waals surface area contributed by atoms with Gasteiger partial charge in [0.1, 0.15) is 12.4 Å². The van der Waals surface area contributed by atoms with E-state index in [0.717, 1.165) is 11.1 Å². The number of likely N-dealkylation sites (N-methyl/N-ethyl adjacent to an activating group) is 1. The van der Waals surface area contributed by atoms with Gasteiger partial charge < -0.3 is 25.4 Å². The van der Waals surface area contributed by atoms with Gasteiger partial charge in [-0.05, 0) is 32.3 Å². The number of rotatable bonds is 7. The molecular weight excluding hydrogens is 480 g/mol. The molecule has 4 rings (SSSR count). The van der Waals surface area contributed by atoms with Gasteiger partial charge in [-0.2, -0.15) is 4.99 Å². The van der Waals surface area contributed by atoms with E-state index >= 15 is 0 Å². The van der Waals surface area contributed by atoms with E-state index in [9.17, 15) is 4.79 Å². The largest absolute Gasteiger partial charge is 0.491 e. The normalized spacial score (nSPS) is 14.8. The molecule has 1 heterocycles. The maximum atomic E-state index is 13.0. The molecule has 3 aromatic carbocycles. The van der Waals surface area contributed by atoms with E-state index in [-0.39, 0.29) is 11.9 Å². The van der Waals surface area contributed by atoms with Crippen LogP contribution in [0.25, 0.3) is 0 Å². The van der Waals surface area contributed by atoms with Gasteiger partial charge in [0, 0.05) is 17.7 Å². The Bertz CT molecular complexity index is 1300. The van der Waals surface area contributed by atoms with Crippen molar-refractivity contribution >= 4 is 29.2 Å². The van der Waals surface area contributed by atoms with Crippen LogP contribution < -0.4 is 15.8 Å². The molecule has 1 aliphatic rings. The number of amides is 1. The number of aliphatic imine (C=N–C) groups is 2. The van der Waals surface area contributed by atoms with E-state index in [1.165, 1.54) is 0 Å². The van der Waals surface area contributed by atoms with Crippen LogP contribution >= 0.6 is 0 Å². The van der Waals surface area contributed by atoms with Crippen LogP contribution in [0.4, 0.5) is 5.69 Å². The Morgan fingerprint density at radius 1 is 1.03 bits per heavy atom. The number of ether oxygens (including phenoxy) is 2. The van der Waals surface area contributed by atoms with E-state index in [1.54, 1.807) is 24.3 Å². The molecule has 0 bridgehead atoms. The van der Waals surface area contributed by atoms with Crippen molar-refractivity contribution < 1.29 is 14.3 Å². The first-order chi connectivity index (χ1) is 18.4. The van der Waals surface area contributed by atoms with Crippen LogP contribution in [-0.2, 0) is 9.53 Å². The van der Waals surface area contributed by atoms with E-state index in [4.69, 9.17) is 20.6 Å². The monoisotopic (exact) mass is 514 g/mol. The van der Waals surface area contributed by atoms with Crippen LogP contribution in [0.2, 0.25) is 0 Å². The molecular formula is C29H34N6O3. The van der Waals surface area contributed by atoms with Gasteiger partial charge in [-0.25, -0.2) is 4.99 Å². The Morgan fingerprint density at radius 2 is 1.68 bits per heavy atom. The number of carbonyl (C=O) groups excluding carboxylic acids is 1. The molecule has 0 saturated heterocycles. The van der Waals surface area contributed by atoms with Gasteiger partial charge >= 0.3 is 0 Å². The highest BCUT2D eigenvalue weighted by atomic mass is 16.5. The van der Waals surface area contributed by atoms with Gasteiger partial charge in [0.15, 0.2) is 0 Å². The highest BCUT2D eigenvalue weighted by molar-refractivity contribution is 6.19. The van der Waals surface area contributed by atoms with Gasteiger partial charge in [-0.3, -0.25) is 10.2 Å². The molecule has 0 spiro atoms. The summed E-state index contributed by atoms with van der Waals surface area (Å²) >= 11 is 0. The van der Waals surface area contributed by atoms with Crippen molar-refractivity contribution in [2.75, 3.05) is 32.6 Å². The second-order valence-electron chi connectivity index (χ2n) is 8.30. The first-order valence-corrected chi connectivity index (χ1v) is 12.4. The van der Waals surface area contributed by atoms with Crippen molar-refractivity contribution in [2.45, 2.75) is 20.0 Å². The second-order valence-corrected chi connectivity index (χ2v) is 8.30. The van der Waals surface area contributed by atoms with Crippen molar-refractivity contribution in [3.8, 4) is 5.75 Å². The summed E-state index contributed by atoms with van der Waals surface area (Å²) < 4.78 is 11.3. The number of hydrogen-bond acceptors (Lipinski definition) is 7. The molecule has 3 aromatic rings. The van der Waals surface area contributed by atoms with Crippen molar-refractivity contribution in [2.24, 2.45) is 15.7 Å². The summed E-state index contributed by atoms with van der Waals surface area (Å²) in [6.07, 6.45) is -1.20. The fraction of sp³-hybridized carbons (Fsp3) is 0.241. The first kappa shape index (κ1) is 28.1. The second kappa shape index (κ2) is 13.7. The molecule has 9 heteroatoms. The molecule has 1 unspecified atom stereocenters. The number of fused-ring (bicyclic) bond motifs is 1. The maximum absolute atomic E-state index is 13.0. The Hall–Kier alpha value is -4.50. The lowest BCUT2D eigenvalue weighted by Crippen LogP contribution is -2.29. The minimum atomic E-state index is -1.20. The molecule has 0 fully saturated rings. The number of nitrogens with two attached hydrogens (primary N) is 1. The Morgan fingerprint density at radius 3 is 2.42 bits per heavy atom. The third-order valence-electron chi connectivity index (χ3n) is 5.36. The van der Waals surface area contributed by atoms with Gasteiger partial charge in [0.25, 0.3) is 11.9 Å². The van der Waals surface area contributed by atoms with Gasteiger partial charge in [-0.15, -0.1) is 0 Å². The Balaban J connectivity index is 0.00000195. The van der Waals surface area contributed by atoms with E-state index in [1.807, 2.05) is 87.4 Å². The maximum Gasteiger partial charge on any atom is 0.291 e. The fourth-order valence-corrected chi connectivity index (χ4v) is 3.58. The number of benzene rings is 3. The molecule has 9 nitrogen and oxygen atoms in total. The highest BCUT2D eigenvalue weighted by Crippen LogP contribution is 2.24. The first-order valence-electron chi connectivity index (χ1n) is 12.4. The quantitative estimate of drug-likeness (QED) is 0.323. The van der Waals surface area contributed by atoms with Crippen molar-refractivity contribution in [1.29, 1.82) is 5.41 Å². The topological polar surface area (TPSA) is 125 Å². The summed E-state index contributed by atoms with van der Waals surface area (Å²) in [7, 11) is 3.90. The lowest BCUT2D eigenvalue weighted by atomic mass is 10.0. The zero-order valence-corrected chi connectivity index (χ0v) is 22.1. The number of benzodiazepines with no additional fused rings is 1. The van der Waals surface area contributed by atoms with E-state index in [2.05, 4.69) is 15.3 Å². The molecule has 0 aliphatic carbocycles. The third kappa shape index (κ3) is 7.27. The standard InChI is InChI=1S/C27H28N6O3.C2H6/c1-33(2)16-17-35-22-15-9-7-13-20(22)24(28)36-27(29)32-25-26(34)30-21-14-8-6-12-19(21)23(31-25)18-10-4-3-5-11-18;1-2/h3-15,25,28H,16-17H2,1-2H3,(H2,29,32)(H,30,34);1-2H3. The van der Waals surface area contributed by atoms with Crippen LogP contribution in [0, 0.1) is 5.41 Å². The lowest BCUT2D eigenvalue weighted by molar-refractivity contribution is -0.117. The van der Waals surface area contributed by atoms with Gasteiger partial charge in [0.05, 0.1) is 17.0 Å². The van der Waals surface area contributed by atoms with Crippen LogP contribution in [0.3, 0.4) is 0 Å². The number of para-hydroxylation sites is 2. The predicted molar refractivity (Wildman–Crippen MR) is 152 cm³/mol. The van der Waals surface area contributed by atoms with Crippen LogP contribution in [-0.4, -0.2) is 61.9 Å². The van der Waals surface area contributed by atoms with Gasteiger partial charge in [0.2, 0.25) is 12.1 Å². The SMILES string of the molecule is CC.CN(C)CCOc1ccccc1C(=N)O/C(N)=N/C1N=C(c2ccccc2)c2ccccc2NC1=O. The summed E-state index contributed by atoms with van der Waals surface area (Å²) in [4.78, 5) is 23.8. The van der Waals surface area contributed by atoms with Crippen LogP contribution in [0.1, 0.15) is 30.5 Å². The van der Waals surface area contributed by atoms with Crippen molar-refractivity contribution in [1.82, 2.24) is 4.90 Å². The Labute approximate surface area is 223 Å². The zero-order chi connectivity index (χ0) is 27.5. The fourth-order valence-electron chi connectivity index (χ4n) is 3.58. The molecule has 4 N–H and O–H groups in total. The van der Waals surface area contributed by atoms with Crippen molar-refractivity contribution in [3.63, 3.8) is 0 Å². The molecule has 0 saturated carbocycles. The molecule has 38 heavy (non-hydrogen) atoms. The number of nitrogens with one attached hydrogen (secondary N) is 2. The summed E-state index contributed by atoms with van der Waals surface area (Å²) in [5.74, 6) is -0.218. The summed E-state index contributed by atoms with van der Waals surface area (Å²) in [5.41, 5.74) is 9.26. The average molecular weight is 515 g/mol. The minimum absolute atomic E-state index is 0.249. The molecule has 198 valence electrons. The van der Waals surface area contributed by atoms with Gasteiger partial charge in [-0.1, -0.05) is 74.5 Å². The predicted octanol–water partition coefficient (Wildman–Crippen LogP) is 4.13. The molecule has 0 aromatic heterocycles. The molecule has 1 amide bonds. The molecule has 0 radical (unpaired) electrons. The number of amidine groups is 1. The van der Waals surface area contributed by atoms with Crippen molar-refractivity contribution in [3.05, 3.63) is 95.6 Å². The summed E-state index contributed by atoms with van der Waals surface area (Å²) in [6.45, 7) is 5.16. The number of hydrogen-bond donors (Lipinski definition) is 3. The summed E-state index contributed by atoms with van der Waals surface area (Å²) in [5, 5.41) is 11.3. The number of carbonyl (C=O) groups is 1. The highest BCUT2D eigenvalue weighted by Gasteiger charge is 2.26. The minimum Gasteiger partial charge on any atom is -0.491 e. The molecule has 1 atom stereocenters. The lowest BCUT2D eigenvalue weighted by Gasteiger charge is -2.15. The zero-order valence-electron chi connectivity index (χ0n) is 22.1. The van der Waals surface area contributed by atoms with E-state index < -0.39 is 12.1 Å². The smallest absolute Gasteiger partial charge is 0.291 e.